The lowest BCUT2D eigenvalue weighted by Gasteiger charge is -2.06. The predicted molar refractivity (Wildman–Crippen MR) is 55.1 cm³/mol. The molecule has 0 bridgehead atoms. The Hall–Kier alpha value is -1.50. The van der Waals surface area contributed by atoms with Crippen LogP contribution in [0.2, 0.25) is 0 Å². The maximum absolute atomic E-state index is 9.68. The van der Waals surface area contributed by atoms with Crippen LogP contribution < -0.4 is 0 Å². The van der Waals surface area contributed by atoms with Gasteiger partial charge in [-0.2, -0.15) is 0 Å². The number of hydrogen-bond donors (Lipinski definition) is 1. The van der Waals surface area contributed by atoms with Crippen LogP contribution in [-0.2, 0) is 0 Å². The molecule has 2 aromatic rings. The molecule has 0 atom stereocenters. The third kappa shape index (κ3) is 1.17. The summed E-state index contributed by atoms with van der Waals surface area (Å²) in [6, 6.07) is 9.77. The van der Waals surface area contributed by atoms with E-state index in [1.807, 2.05) is 25.1 Å². The molecule has 1 N–H and O–H groups in total. The van der Waals surface area contributed by atoms with Gasteiger partial charge in [0.2, 0.25) is 0 Å². The Balaban J connectivity index is 3.00. The molecule has 0 saturated carbocycles. The van der Waals surface area contributed by atoms with Crippen molar-refractivity contribution < 1.29 is 5.11 Å². The van der Waals surface area contributed by atoms with Crippen molar-refractivity contribution in [2.45, 2.75) is 13.8 Å². The molecule has 0 radical (unpaired) electrons. The Labute approximate surface area is 77.6 Å². The second-order valence-corrected chi connectivity index (χ2v) is 3.40. The van der Waals surface area contributed by atoms with Gasteiger partial charge in [-0.15, -0.1) is 0 Å². The summed E-state index contributed by atoms with van der Waals surface area (Å²) in [6.45, 7) is 4.07. The van der Waals surface area contributed by atoms with E-state index in [2.05, 4.69) is 13.0 Å². The van der Waals surface area contributed by atoms with Crippen LogP contribution >= 0.6 is 0 Å². The third-order valence-electron chi connectivity index (χ3n) is 2.44. The Bertz CT molecular complexity index is 450. The number of hydrogen-bond acceptors (Lipinski definition) is 1. The Morgan fingerprint density at radius 1 is 0.923 bits per heavy atom. The zero-order chi connectivity index (χ0) is 9.42. The summed E-state index contributed by atoms with van der Waals surface area (Å²) in [5.41, 5.74) is 2.33. The fourth-order valence-corrected chi connectivity index (χ4v) is 1.71. The topological polar surface area (TPSA) is 20.2 Å². The first kappa shape index (κ1) is 8.11. The summed E-state index contributed by atoms with van der Waals surface area (Å²) in [6.07, 6.45) is 0. The molecule has 13 heavy (non-hydrogen) atoms. The first-order valence-electron chi connectivity index (χ1n) is 4.38. The standard InChI is InChI=1S/C12H12O/c1-8-6-7-9(2)12-10(8)4-3-5-11(12)13/h3-7,13H,1-2H3. The van der Waals surface area contributed by atoms with Crippen molar-refractivity contribution in [2.75, 3.05) is 0 Å². The minimum Gasteiger partial charge on any atom is -0.507 e. The van der Waals surface area contributed by atoms with Gasteiger partial charge in [-0.05, 0) is 36.4 Å². The second-order valence-electron chi connectivity index (χ2n) is 3.40. The Morgan fingerprint density at radius 2 is 1.62 bits per heavy atom. The number of fused-ring (bicyclic) bond motifs is 1. The normalized spacial score (nSPS) is 10.6. The van der Waals surface area contributed by atoms with Crippen LogP contribution in [0.4, 0.5) is 0 Å². The van der Waals surface area contributed by atoms with Crippen LogP contribution in [0.3, 0.4) is 0 Å². The molecule has 0 amide bonds. The molecule has 2 rings (SSSR count). The second kappa shape index (κ2) is 2.77. The Kier molecular flexibility index (Phi) is 1.73. The molecular weight excluding hydrogens is 160 g/mol. The van der Waals surface area contributed by atoms with Crippen LogP contribution in [0.5, 0.6) is 5.75 Å². The summed E-state index contributed by atoms with van der Waals surface area (Å²) in [5.74, 6) is 0.374. The van der Waals surface area contributed by atoms with Crippen molar-refractivity contribution in [2.24, 2.45) is 0 Å². The van der Waals surface area contributed by atoms with Gasteiger partial charge in [0.05, 0.1) is 0 Å². The maximum atomic E-state index is 9.68. The van der Waals surface area contributed by atoms with Crippen molar-refractivity contribution >= 4 is 10.8 Å². The summed E-state index contributed by atoms with van der Waals surface area (Å²) in [5, 5.41) is 11.8. The minimum absolute atomic E-state index is 0.374. The highest BCUT2D eigenvalue weighted by atomic mass is 16.3. The number of aryl methyl sites for hydroxylation is 2. The van der Waals surface area contributed by atoms with Crippen molar-refractivity contribution in [1.29, 1.82) is 0 Å². The van der Waals surface area contributed by atoms with Crippen molar-refractivity contribution in [1.82, 2.24) is 0 Å². The quantitative estimate of drug-likeness (QED) is 0.647. The number of phenols is 1. The maximum Gasteiger partial charge on any atom is 0.123 e. The van der Waals surface area contributed by atoms with Gasteiger partial charge >= 0.3 is 0 Å². The molecule has 0 aromatic heterocycles. The molecule has 0 fully saturated rings. The average molecular weight is 172 g/mol. The van der Waals surface area contributed by atoms with E-state index in [4.69, 9.17) is 0 Å². The lowest BCUT2D eigenvalue weighted by Crippen LogP contribution is -1.82. The molecule has 0 saturated heterocycles. The van der Waals surface area contributed by atoms with Gasteiger partial charge in [0.15, 0.2) is 0 Å². The van der Waals surface area contributed by atoms with Crippen LogP contribution in [0.15, 0.2) is 30.3 Å². The molecule has 2 aromatic carbocycles. The zero-order valence-corrected chi connectivity index (χ0v) is 7.83. The monoisotopic (exact) mass is 172 g/mol. The van der Waals surface area contributed by atoms with E-state index >= 15 is 0 Å². The molecular formula is C12H12O. The molecule has 1 heteroatoms. The first-order chi connectivity index (χ1) is 6.20. The highest BCUT2D eigenvalue weighted by Crippen LogP contribution is 2.29. The highest BCUT2D eigenvalue weighted by Gasteiger charge is 2.03. The van der Waals surface area contributed by atoms with Crippen LogP contribution in [-0.4, -0.2) is 5.11 Å². The van der Waals surface area contributed by atoms with E-state index in [0.29, 0.717) is 5.75 Å². The molecule has 0 unspecified atom stereocenters. The van der Waals surface area contributed by atoms with Gasteiger partial charge < -0.3 is 5.11 Å². The highest BCUT2D eigenvalue weighted by molar-refractivity contribution is 5.93. The molecule has 66 valence electrons. The van der Waals surface area contributed by atoms with Gasteiger partial charge in [0, 0.05) is 5.39 Å². The van der Waals surface area contributed by atoms with E-state index in [1.54, 1.807) is 6.07 Å². The SMILES string of the molecule is Cc1ccc(C)c2c(O)cccc12. The summed E-state index contributed by atoms with van der Waals surface area (Å²) in [4.78, 5) is 0. The first-order valence-corrected chi connectivity index (χ1v) is 4.38. The van der Waals surface area contributed by atoms with E-state index in [9.17, 15) is 5.11 Å². The van der Waals surface area contributed by atoms with E-state index < -0.39 is 0 Å². The average Bonchev–Trinajstić information content (AvgIpc) is 2.12. The number of rotatable bonds is 0. The van der Waals surface area contributed by atoms with Crippen LogP contribution in [0.25, 0.3) is 10.8 Å². The summed E-state index contributed by atoms with van der Waals surface area (Å²) in [7, 11) is 0. The number of aromatic hydroxyl groups is 1. The van der Waals surface area contributed by atoms with Crippen molar-refractivity contribution in [3.8, 4) is 5.75 Å². The van der Waals surface area contributed by atoms with E-state index in [0.717, 1.165) is 16.3 Å². The van der Waals surface area contributed by atoms with Gasteiger partial charge in [0.1, 0.15) is 5.75 Å². The fourth-order valence-electron chi connectivity index (χ4n) is 1.71. The fraction of sp³-hybridized carbons (Fsp3) is 0.167. The number of phenolic OH excluding ortho intramolecular Hbond substituents is 1. The zero-order valence-electron chi connectivity index (χ0n) is 7.83. The Morgan fingerprint density at radius 3 is 2.31 bits per heavy atom. The third-order valence-corrected chi connectivity index (χ3v) is 2.44. The lowest BCUT2D eigenvalue weighted by atomic mass is 10.0. The molecule has 1 nitrogen and oxygen atoms in total. The molecule has 0 heterocycles. The van der Waals surface area contributed by atoms with Gasteiger partial charge in [-0.1, -0.05) is 24.3 Å². The van der Waals surface area contributed by atoms with Gasteiger partial charge in [-0.25, -0.2) is 0 Å². The van der Waals surface area contributed by atoms with E-state index in [-0.39, 0.29) is 0 Å². The van der Waals surface area contributed by atoms with Crippen molar-refractivity contribution in [3.05, 3.63) is 41.5 Å². The molecule has 0 aliphatic rings. The van der Waals surface area contributed by atoms with Crippen molar-refractivity contribution in [3.63, 3.8) is 0 Å². The van der Waals surface area contributed by atoms with Gasteiger partial charge in [0.25, 0.3) is 0 Å². The smallest absolute Gasteiger partial charge is 0.123 e. The van der Waals surface area contributed by atoms with Gasteiger partial charge in [-0.3, -0.25) is 0 Å². The summed E-state index contributed by atoms with van der Waals surface area (Å²) < 4.78 is 0. The lowest BCUT2D eigenvalue weighted by molar-refractivity contribution is 0.481. The minimum atomic E-state index is 0.374. The predicted octanol–water partition coefficient (Wildman–Crippen LogP) is 3.16. The number of benzene rings is 2. The molecule has 0 aliphatic carbocycles. The van der Waals surface area contributed by atoms with E-state index in [1.165, 1.54) is 5.56 Å². The van der Waals surface area contributed by atoms with Crippen LogP contribution in [0.1, 0.15) is 11.1 Å². The summed E-state index contributed by atoms with van der Waals surface area (Å²) >= 11 is 0. The molecule has 0 spiro atoms. The largest absolute Gasteiger partial charge is 0.507 e. The van der Waals surface area contributed by atoms with Crippen LogP contribution in [0, 0.1) is 13.8 Å². The molecule has 0 aliphatic heterocycles.